The van der Waals surface area contributed by atoms with Crippen molar-refractivity contribution in [3.05, 3.63) is 30.1 Å². The van der Waals surface area contributed by atoms with Crippen LogP contribution in [0.25, 0.3) is 0 Å². The second-order valence-electron chi connectivity index (χ2n) is 5.36. The molecule has 0 radical (unpaired) electrons. The van der Waals surface area contributed by atoms with Crippen LogP contribution in [0.3, 0.4) is 0 Å². The molecule has 0 aliphatic heterocycles. The fourth-order valence-corrected chi connectivity index (χ4v) is 3.18. The van der Waals surface area contributed by atoms with Gasteiger partial charge in [-0.2, -0.15) is 0 Å². The van der Waals surface area contributed by atoms with Crippen molar-refractivity contribution in [3.8, 4) is 0 Å². The van der Waals surface area contributed by atoms with E-state index in [-0.39, 0.29) is 5.54 Å². The Kier molecular flexibility index (Phi) is 4.72. The Morgan fingerprint density at radius 1 is 1.22 bits per heavy atom. The fraction of sp³-hybridized carbons (Fsp3) is 0.667. The van der Waals surface area contributed by atoms with Gasteiger partial charge in [-0.3, -0.25) is 9.88 Å². The average Bonchev–Trinajstić information content (AvgIpc) is 2.46. The van der Waals surface area contributed by atoms with Crippen molar-refractivity contribution in [2.45, 2.75) is 51.1 Å². The van der Waals surface area contributed by atoms with Gasteiger partial charge in [0, 0.05) is 31.0 Å². The molecule has 3 nitrogen and oxygen atoms in total. The lowest BCUT2D eigenvalue weighted by molar-refractivity contribution is 0.0546. The van der Waals surface area contributed by atoms with E-state index in [4.69, 9.17) is 5.73 Å². The van der Waals surface area contributed by atoms with Gasteiger partial charge in [-0.05, 0) is 37.1 Å². The van der Waals surface area contributed by atoms with Gasteiger partial charge in [0.1, 0.15) is 0 Å². The highest BCUT2D eigenvalue weighted by molar-refractivity contribution is 5.10. The molecular weight excluding hydrogens is 222 g/mol. The van der Waals surface area contributed by atoms with Gasteiger partial charge in [-0.25, -0.2) is 0 Å². The minimum absolute atomic E-state index is 0.232. The fourth-order valence-electron chi connectivity index (χ4n) is 3.18. The van der Waals surface area contributed by atoms with Crippen molar-refractivity contribution in [2.24, 2.45) is 5.73 Å². The SMILES string of the molecule is CCN(Cc1ccncc1)C1(CN)CCCCC1. The maximum absolute atomic E-state index is 6.11. The lowest BCUT2D eigenvalue weighted by Crippen LogP contribution is -2.54. The number of nitrogens with zero attached hydrogens (tertiary/aromatic N) is 2. The van der Waals surface area contributed by atoms with Gasteiger partial charge < -0.3 is 5.73 Å². The van der Waals surface area contributed by atoms with Gasteiger partial charge in [-0.1, -0.05) is 26.2 Å². The van der Waals surface area contributed by atoms with Crippen molar-refractivity contribution >= 4 is 0 Å². The zero-order valence-corrected chi connectivity index (χ0v) is 11.4. The van der Waals surface area contributed by atoms with Crippen LogP contribution in [0.1, 0.15) is 44.6 Å². The van der Waals surface area contributed by atoms with Gasteiger partial charge in [0.25, 0.3) is 0 Å². The lowest BCUT2D eigenvalue weighted by atomic mass is 9.80. The second kappa shape index (κ2) is 6.30. The van der Waals surface area contributed by atoms with Gasteiger partial charge in [0.05, 0.1) is 0 Å². The molecule has 1 saturated carbocycles. The largest absolute Gasteiger partial charge is 0.329 e. The molecule has 0 bridgehead atoms. The van der Waals surface area contributed by atoms with Crippen molar-refractivity contribution in [1.82, 2.24) is 9.88 Å². The van der Waals surface area contributed by atoms with E-state index in [1.807, 2.05) is 12.4 Å². The van der Waals surface area contributed by atoms with Crippen molar-refractivity contribution in [2.75, 3.05) is 13.1 Å². The highest BCUT2D eigenvalue weighted by Crippen LogP contribution is 2.33. The first kappa shape index (κ1) is 13.5. The molecule has 0 unspecified atom stereocenters. The number of pyridine rings is 1. The monoisotopic (exact) mass is 247 g/mol. The number of aromatic nitrogens is 1. The Morgan fingerprint density at radius 3 is 2.44 bits per heavy atom. The Labute approximate surface area is 110 Å². The summed E-state index contributed by atoms with van der Waals surface area (Å²) in [7, 11) is 0. The Bertz CT molecular complexity index is 344. The number of nitrogens with two attached hydrogens (primary N) is 1. The third kappa shape index (κ3) is 2.90. The van der Waals surface area contributed by atoms with Crippen LogP contribution in [-0.2, 0) is 6.54 Å². The molecule has 1 aromatic rings. The third-order valence-electron chi connectivity index (χ3n) is 4.34. The van der Waals surface area contributed by atoms with E-state index >= 15 is 0 Å². The summed E-state index contributed by atoms with van der Waals surface area (Å²) in [5.74, 6) is 0. The molecule has 1 aliphatic rings. The topological polar surface area (TPSA) is 42.2 Å². The minimum atomic E-state index is 0.232. The number of likely N-dealkylation sites (N-methyl/N-ethyl adjacent to an activating group) is 1. The first-order valence-corrected chi connectivity index (χ1v) is 7.15. The van der Waals surface area contributed by atoms with E-state index < -0.39 is 0 Å². The van der Waals surface area contributed by atoms with Crippen LogP contribution in [0.5, 0.6) is 0 Å². The molecule has 0 saturated heterocycles. The zero-order valence-electron chi connectivity index (χ0n) is 11.4. The normalized spacial score (nSPS) is 19.1. The van der Waals surface area contributed by atoms with Crippen LogP contribution in [0.2, 0.25) is 0 Å². The number of hydrogen-bond donors (Lipinski definition) is 1. The molecule has 1 aromatic heterocycles. The quantitative estimate of drug-likeness (QED) is 0.869. The van der Waals surface area contributed by atoms with Crippen LogP contribution in [-0.4, -0.2) is 28.5 Å². The number of rotatable bonds is 5. The molecule has 1 aliphatic carbocycles. The highest BCUT2D eigenvalue weighted by Gasteiger charge is 2.35. The van der Waals surface area contributed by atoms with Gasteiger partial charge in [0.2, 0.25) is 0 Å². The standard InChI is InChI=1S/C15H25N3/c1-2-18(12-14-6-10-17-11-7-14)15(13-16)8-4-3-5-9-15/h6-7,10-11H,2-5,8-9,12-13,16H2,1H3. The van der Waals surface area contributed by atoms with Crippen molar-refractivity contribution in [1.29, 1.82) is 0 Å². The maximum Gasteiger partial charge on any atom is 0.0335 e. The average molecular weight is 247 g/mol. The first-order valence-electron chi connectivity index (χ1n) is 7.15. The summed E-state index contributed by atoms with van der Waals surface area (Å²) in [5, 5.41) is 0. The molecular formula is C15H25N3. The Balaban J connectivity index is 2.11. The van der Waals surface area contributed by atoms with Crippen LogP contribution in [0.4, 0.5) is 0 Å². The van der Waals surface area contributed by atoms with Crippen molar-refractivity contribution < 1.29 is 0 Å². The first-order chi connectivity index (χ1) is 8.80. The molecule has 1 fully saturated rings. The van der Waals surface area contributed by atoms with Crippen LogP contribution >= 0.6 is 0 Å². The second-order valence-corrected chi connectivity index (χ2v) is 5.36. The molecule has 100 valence electrons. The molecule has 0 atom stereocenters. The molecule has 2 N–H and O–H groups in total. The zero-order chi connectivity index (χ0) is 12.8. The summed E-state index contributed by atoms with van der Waals surface area (Å²) in [6.07, 6.45) is 10.3. The molecule has 0 aromatic carbocycles. The third-order valence-corrected chi connectivity index (χ3v) is 4.34. The minimum Gasteiger partial charge on any atom is -0.329 e. The molecule has 3 heteroatoms. The smallest absolute Gasteiger partial charge is 0.0335 e. The summed E-state index contributed by atoms with van der Waals surface area (Å²) in [6, 6.07) is 4.21. The summed E-state index contributed by atoms with van der Waals surface area (Å²) < 4.78 is 0. The van der Waals surface area contributed by atoms with Crippen LogP contribution < -0.4 is 5.73 Å². The molecule has 0 amide bonds. The van der Waals surface area contributed by atoms with E-state index in [2.05, 4.69) is 28.9 Å². The van der Waals surface area contributed by atoms with Gasteiger partial charge in [0.15, 0.2) is 0 Å². The van der Waals surface area contributed by atoms with Gasteiger partial charge in [-0.15, -0.1) is 0 Å². The maximum atomic E-state index is 6.11. The summed E-state index contributed by atoms with van der Waals surface area (Å²) in [6.45, 7) is 5.09. The Morgan fingerprint density at radius 2 is 1.89 bits per heavy atom. The Hall–Kier alpha value is -0.930. The highest BCUT2D eigenvalue weighted by atomic mass is 15.2. The molecule has 18 heavy (non-hydrogen) atoms. The van der Waals surface area contributed by atoms with E-state index in [0.717, 1.165) is 19.6 Å². The van der Waals surface area contributed by atoms with E-state index in [1.54, 1.807) is 0 Å². The number of hydrogen-bond acceptors (Lipinski definition) is 3. The van der Waals surface area contributed by atoms with E-state index in [9.17, 15) is 0 Å². The van der Waals surface area contributed by atoms with Crippen LogP contribution in [0.15, 0.2) is 24.5 Å². The molecule has 2 rings (SSSR count). The lowest BCUT2D eigenvalue weighted by Gasteiger charge is -2.45. The van der Waals surface area contributed by atoms with E-state index in [0.29, 0.717) is 0 Å². The van der Waals surface area contributed by atoms with Crippen LogP contribution in [0, 0.1) is 0 Å². The summed E-state index contributed by atoms with van der Waals surface area (Å²) in [5.41, 5.74) is 7.68. The van der Waals surface area contributed by atoms with Gasteiger partial charge >= 0.3 is 0 Å². The molecule has 1 heterocycles. The van der Waals surface area contributed by atoms with Crippen molar-refractivity contribution in [3.63, 3.8) is 0 Å². The predicted molar refractivity (Wildman–Crippen MR) is 75.2 cm³/mol. The van der Waals surface area contributed by atoms with E-state index in [1.165, 1.54) is 37.7 Å². The predicted octanol–water partition coefficient (Wildman–Crippen LogP) is 2.57. The summed E-state index contributed by atoms with van der Waals surface area (Å²) >= 11 is 0. The molecule has 0 spiro atoms. The summed E-state index contributed by atoms with van der Waals surface area (Å²) in [4.78, 5) is 6.66.